The molecule has 1 aromatic heterocycles. The van der Waals surface area contributed by atoms with Gasteiger partial charge in [0.25, 0.3) is 0 Å². The fourth-order valence-electron chi connectivity index (χ4n) is 2.32. The van der Waals surface area contributed by atoms with Crippen LogP contribution in [-0.2, 0) is 27.4 Å². The summed E-state index contributed by atoms with van der Waals surface area (Å²) < 4.78 is 5.84. The SMILES string of the molecule is CC[C@@]1(C)Cc2c(sc(NC(=O)CCC(=O)[O-])c2C#N)CO1. The van der Waals surface area contributed by atoms with Crippen molar-refractivity contribution < 1.29 is 19.4 Å². The average molecular weight is 321 g/mol. The minimum atomic E-state index is -1.27. The predicted molar refractivity (Wildman–Crippen MR) is 79.1 cm³/mol. The molecule has 0 spiro atoms. The second kappa shape index (κ2) is 6.46. The van der Waals surface area contributed by atoms with Gasteiger partial charge in [-0.2, -0.15) is 5.26 Å². The average Bonchev–Trinajstić information content (AvgIpc) is 2.81. The van der Waals surface area contributed by atoms with Crippen molar-refractivity contribution in [2.24, 2.45) is 0 Å². The lowest BCUT2D eigenvalue weighted by atomic mass is 9.90. The summed E-state index contributed by atoms with van der Waals surface area (Å²) in [6.45, 7) is 4.47. The zero-order chi connectivity index (χ0) is 16.3. The molecule has 22 heavy (non-hydrogen) atoms. The number of carboxylic acid groups (broad SMARTS) is 1. The quantitative estimate of drug-likeness (QED) is 0.881. The first-order chi connectivity index (χ1) is 10.4. The van der Waals surface area contributed by atoms with Crippen LogP contribution in [0.4, 0.5) is 5.00 Å². The van der Waals surface area contributed by atoms with Crippen LogP contribution in [0.5, 0.6) is 0 Å². The van der Waals surface area contributed by atoms with Crippen molar-refractivity contribution in [1.29, 1.82) is 5.26 Å². The van der Waals surface area contributed by atoms with Crippen molar-refractivity contribution in [3.05, 3.63) is 16.0 Å². The minimum absolute atomic E-state index is 0.168. The van der Waals surface area contributed by atoms with Crippen LogP contribution in [0, 0.1) is 11.3 Å². The number of hydrogen-bond donors (Lipinski definition) is 1. The Labute approximate surface area is 132 Å². The highest BCUT2D eigenvalue weighted by Crippen LogP contribution is 2.41. The number of anilines is 1. The van der Waals surface area contributed by atoms with E-state index in [0.717, 1.165) is 16.9 Å². The molecule has 0 fully saturated rings. The Morgan fingerprint density at radius 1 is 1.50 bits per heavy atom. The summed E-state index contributed by atoms with van der Waals surface area (Å²) in [4.78, 5) is 23.1. The van der Waals surface area contributed by atoms with E-state index in [1.165, 1.54) is 11.3 Å². The lowest BCUT2D eigenvalue weighted by molar-refractivity contribution is -0.305. The van der Waals surface area contributed by atoms with Crippen molar-refractivity contribution in [3.8, 4) is 6.07 Å². The van der Waals surface area contributed by atoms with Crippen molar-refractivity contribution in [2.75, 3.05) is 5.32 Å². The highest BCUT2D eigenvalue weighted by Gasteiger charge is 2.33. The summed E-state index contributed by atoms with van der Waals surface area (Å²) in [6.07, 6.45) is 0.961. The molecule has 1 aliphatic rings. The van der Waals surface area contributed by atoms with Crippen LogP contribution >= 0.6 is 11.3 Å². The van der Waals surface area contributed by atoms with Crippen molar-refractivity contribution in [2.45, 2.75) is 51.7 Å². The zero-order valence-electron chi connectivity index (χ0n) is 12.5. The van der Waals surface area contributed by atoms with E-state index in [1.807, 2.05) is 13.8 Å². The molecule has 0 radical (unpaired) electrons. The number of nitrogens with one attached hydrogen (secondary N) is 1. The van der Waals surface area contributed by atoms with Crippen LogP contribution in [0.2, 0.25) is 0 Å². The molecule has 6 nitrogen and oxygen atoms in total. The number of carbonyl (C=O) groups is 2. The van der Waals surface area contributed by atoms with E-state index >= 15 is 0 Å². The molecule has 0 unspecified atom stereocenters. The van der Waals surface area contributed by atoms with Gasteiger partial charge in [0, 0.05) is 23.7 Å². The molecule has 118 valence electrons. The number of amides is 1. The van der Waals surface area contributed by atoms with E-state index in [2.05, 4.69) is 11.4 Å². The fraction of sp³-hybridized carbons (Fsp3) is 0.533. The second-order valence-corrected chi connectivity index (χ2v) is 6.61. The van der Waals surface area contributed by atoms with Crippen molar-refractivity contribution in [3.63, 3.8) is 0 Å². The molecule has 1 N–H and O–H groups in total. The number of thiophene rings is 1. The Morgan fingerprint density at radius 2 is 2.23 bits per heavy atom. The summed E-state index contributed by atoms with van der Waals surface area (Å²) in [5, 5.41) is 22.9. The normalized spacial score (nSPS) is 20.0. The third-order valence-corrected chi connectivity index (χ3v) is 4.98. The number of ether oxygens (including phenoxy) is 1. The van der Waals surface area contributed by atoms with Crippen LogP contribution in [0.25, 0.3) is 0 Å². The molecule has 0 saturated carbocycles. The van der Waals surface area contributed by atoms with Gasteiger partial charge < -0.3 is 20.0 Å². The number of hydrogen-bond acceptors (Lipinski definition) is 6. The first-order valence-electron chi connectivity index (χ1n) is 7.07. The van der Waals surface area contributed by atoms with Gasteiger partial charge in [-0.25, -0.2) is 0 Å². The summed E-state index contributed by atoms with van der Waals surface area (Å²) in [7, 11) is 0. The number of nitriles is 1. The Balaban J connectivity index is 2.20. The van der Waals surface area contributed by atoms with Gasteiger partial charge in [-0.15, -0.1) is 11.3 Å². The monoisotopic (exact) mass is 321 g/mol. The molecule has 1 aromatic rings. The predicted octanol–water partition coefficient (Wildman–Crippen LogP) is 1.33. The lowest BCUT2D eigenvalue weighted by Crippen LogP contribution is -2.34. The third-order valence-electron chi connectivity index (χ3n) is 3.86. The number of nitrogens with zero attached hydrogens (tertiary/aromatic N) is 1. The number of rotatable bonds is 5. The van der Waals surface area contributed by atoms with Gasteiger partial charge in [-0.05, 0) is 25.3 Å². The molecule has 2 rings (SSSR count). The maximum absolute atomic E-state index is 11.7. The van der Waals surface area contributed by atoms with Gasteiger partial charge in [-0.3, -0.25) is 4.79 Å². The van der Waals surface area contributed by atoms with E-state index in [1.54, 1.807) is 0 Å². The van der Waals surface area contributed by atoms with Crippen molar-refractivity contribution >= 4 is 28.2 Å². The summed E-state index contributed by atoms with van der Waals surface area (Å²) in [6, 6.07) is 2.15. The third kappa shape index (κ3) is 3.46. The zero-order valence-corrected chi connectivity index (χ0v) is 13.3. The van der Waals surface area contributed by atoms with E-state index in [9.17, 15) is 20.0 Å². The Kier molecular flexibility index (Phi) is 4.84. The summed E-state index contributed by atoms with van der Waals surface area (Å²) >= 11 is 1.32. The molecule has 0 bridgehead atoms. The largest absolute Gasteiger partial charge is 0.550 e. The highest BCUT2D eigenvalue weighted by molar-refractivity contribution is 7.16. The van der Waals surface area contributed by atoms with Crippen LogP contribution in [0.3, 0.4) is 0 Å². The molecule has 0 saturated heterocycles. The van der Waals surface area contributed by atoms with Crippen LogP contribution in [0.1, 0.15) is 49.1 Å². The van der Waals surface area contributed by atoms with Crippen LogP contribution < -0.4 is 10.4 Å². The standard InChI is InChI=1S/C15H18N2O4S/c1-3-15(2)6-9-10(7-16)14(22-11(9)8-21-15)17-12(18)4-5-13(19)20/h3-6,8H2,1-2H3,(H,17,18)(H,19,20)/p-1/t15-/m0/s1. The van der Waals surface area contributed by atoms with Gasteiger partial charge in [0.2, 0.25) is 5.91 Å². The van der Waals surface area contributed by atoms with Crippen molar-refractivity contribution in [1.82, 2.24) is 0 Å². The van der Waals surface area contributed by atoms with E-state index in [4.69, 9.17) is 4.74 Å². The Hall–Kier alpha value is -1.91. The molecular weight excluding hydrogens is 304 g/mol. The maximum atomic E-state index is 11.7. The number of carbonyl (C=O) groups excluding carboxylic acids is 2. The fourth-order valence-corrected chi connectivity index (χ4v) is 3.42. The smallest absolute Gasteiger partial charge is 0.225 e. The molecular formula is C15H17N2O4S-. The molecule has 7 heteroatoms. The number of aliphatic carboxylic acids is 1. The van der Waals surface area contributed by atoms with Crippen LogP contribution in [-0.4, -0.2) is 17.5 Å². The van der Waals surface area contributed by atoms with E-state index < -0.39 is 11.9 Å². The number of carboxylic acids is 1. The molecule has 1 aliphatic heterocycles. The van der Waals surface area contributed by atoms with E-state index in [-0.39, 0.29) is 18.4 Å². The summed E-state index contributed by atoms with van der Waals surface area (Å²) in [5.74, 6) is -1.70. The van der Waals surface area contributed by atoms with Gasteiger partial charge in [0.05, 0.1) is 17.8 Å². The van der Waals surface area contributed by atoms with Gasteiger partial charge in [-0.1, -0.05) is 6.92 Å². The van der Waals surface area contributed by atoms with Gasteiger partial charge in [0.1, 0.15) is 11.1 Å². The first kappa shape index (κ1) is 16.5. The molecule has 0 aliphatic carbocycles. The maximum Gasteiger partial charge on any atom is 0.225 e. The van der Waals surface area contributed by atoms with Crippen LogP contribution in [0.15, 0.2) is 0 Å². The van der Waals surface area contributed by atoms with E-state index in [0.29, 0.717) is 23.6 Å². The topological polar surface area (TPSA) is 102 Å². The lowest BCUT2D eigenvalue weighted by Gasteiger charge is -2.32. The minimum Gasteiger partial charge on any atom is -0.550 e. The van der Waals surface area contributed by atoms with Gasteiger partial charge in [0.15, 0.2) is 0 Å². The molecule has 0 aromatic carbocycles. The van der Waals surface area contributed by atoms with Gasteiger partial charge >= 0.3 is 0 Å². The molecule has 2 heterocycles. The second-order valence-electron chi connectivity index (χ2n) is 5.51. The number of fused-ring (bicyclic) bond motifs is 1. The Bertz CT molecular complexity index is 647. The summed E-state index contributed by atoms with van der Waals surface area (Å²) in [5.41, 5.74) is 1.10. The molecule has 1 amide bonds. The first-order valence-corrected chi connectivity index (χ1v) is 7.88. The molecule has 1 atom stereocenters. The highest BCUT2D eigenvalue weighted by atomic mass is 32.1. The Morgan fingerprint density at radius 3 is 2.82 bits per heavy atom.